The Morgan fingerprint density at radius 1 is 0.878 bits per heavy atom. The van der Waals surface area contributed by atoms with Crippen LogP contribution in [-0.4, -0.2) is 81.9 Å². The van der Waals surface area contributed by atoms with Gasteiger partial charge in [0.1, 0.15) is 5.75 Å². The van der Waals surface area contributed by atoms with Gasteiger partial charge in [0.2, 0.25) is 15.9 Å². The molecule has 0 radical (unpaired) electrons. The van der Waals surface area contributed by atoms with E-state index in [2.05, 4.69) is 29.0 Å². The average molecular weight is 577 g/mol. The minimum absolute atomic E-state index is 0.0395. The SMILES string of the molecule is CCN(Cc1ccccc1)S(=O)(=O)c1ccc(CC(=O)N2CCc3c(OC)ccc(N4CCN(C)CC4)c3C2)cc1. The number of carbonyl (C=O) groups excluding carboxylic acids is 1. The summed E-state index contributed by atoms with van der Waals surface area (Å²) >= 11 is 0. The number of sulfonamides is 1. The normalized spacial score (nSPS) is 16.1. The Morgan fingerprint density at radius 3 is 2.24 bits per heavy atom. The lowest BCUT2D eigenvalue weighted by Crippen LogP contribution is -2.45. The summed E-state index contributed by atoms with van der Waals surface area (Å²) in [5.74, 6) is 0.924. The zero-order valence-corrected chi connectivity index (χ0v) is 25.1. The van der Waals surface area contributed by atoms with Crippen LogP contribution in [-0.2, 0) is 40.7 Å². The van der Waals surface area contributed by atoms with Crippen molar-refractivity contribution < 1.29 is 17.9 Å². The number of likely N-dealkylation sites (N-methyl/N-ethyl adjacent to an activating group) is 1. The number of anilines is 1. The summed E-state index contributed by atoms with van der Waals surface area (Å²) in [7, 11) is 0.193. The monoisotopic (exact) mass is 576 g/mol. The highest BCUT2D eigenvalue weighted by atomic mass is 32.2. The number of hydrogen-bond donors (Lipinski definition) is 0. The highest BCUT2D eigenvalue weighted by Gasteiger charge is 2.28. The average Bonchev–Trinajstić information content (AvgIpc) is 3.00. The Labute approximate surface area is 244 Å². The number of nitrogens with zero attached hydrogens (tertiary/aromatic N) is 4. The van der Waals surface area contributed by atoms with Crippen LogP contribution in [0.1, 0.15) is 29.2 Å². The lowest BCUT2D eigenvalue weighted by molar-refractivity contribution is -0.131. The molecule has 3 aromatic carbocycles. The number of rotatable bonds is 9. The van der Waals surface area contributed by atoms with Gasteiger partial charge in [0.25, 0.3) is 0 Å². The Hall–Kier alpha value is -3.40. The molecule has 0 saturated carbocycles. The molecule has 8 nitrogen and oxygen atoms in total. The number of benzene rings is 3. The molecule has 3 aromatic rings. The summed E-state index contributed by atoms with van der Waals surface area (Å²) in [6.07, 6.45) is 0.974. The summed E-state index contributed by atoms with van der Waals surface area (Å²) in [5, 5.41) is 0. The molecule has 2 heterocycles. The van der Waals surface area contributed by atoms with E-state index in [0.29, 0.717) is 26.2 Å². The molecule has 0 spiro atoms. The summed E-state index contributed by atoms with van der Waals surface area (Å²) in [5.41, 5.74) is 5.30. The van der Waals surface area contributed by atoms with Gasteiger partial charge in [-0.1, -0.05) is 49.4 Å². The van der Waals surface area contributed by atoms with Crippen molar-refractivity contribution in [3.8, 4) is 5.75 Å². The molecule has 0 unspecified atom stereocenters. The number of fused-ring (bicyclic) bond motifs is 1. The van der Waals surface area contributed by atoms with E-state index < -0.39 is 10.0 Å². The summed E-state index contributed by atoms with van der Waals surface area (Å²) in [6, 6.07) is 20.5. The second-order valence-corrected chi connectivity index (χ2v) is 12.8. The molecule has 1 amide bonds. The molecule has 1 fully saturated rings. The smallest absolute Gasteiger partial charge is 0.243 e. The van der Waals surface area contributed by atoms with Crippen molar-refractivity contribution in [2.45, 2.75) is 37.8 Å². The second-order valence-electron chi connectivity index (χ2n) is 10.8. The lowest BCUT2D eigenvalue weighted by atomic mass is 9.95. The lowest BCUT2D eigenvalue weighted by Gasteiger charge is -2.38. The van der Waals surface area contributed by atoms with E-state index in [1.165, 1.54) is 21.1 Å². The van der Waals surface area contributed by atoms with Crippen LogP contribution in [0.2, 0.25) is 0 Å². The third-order valence-electron chi connectivity index (χ3n) is 8.23. The molecule has 0 N–H and O–H groups in total. The fourth-order valence-electron chi connectivity index (χ4n) is 5.74. The highest BCUT2D eigenvalue weighted by molar-refractivity contribution is 7.89. The van der Waals surface area contributed by atoms with Gasteiger partial charge in [0, 0.05) is 69.2 Å². The van der Waals surface area contributed by atoms with Gasteiger partial charge in [-0.15, -0.1) is 0 Å². The van der Waals surface area contributed by atoms with Crippen LogP contribution in [0.15, 0.2) is 71.6 Å². The Bertz CT molecular complexity index is 1450. The van der Waals surface area contributed by atoms with Gasteiger partial charge in [-0.25, -0.2) is 8.42 Å². The van der Waals surface area contributed by atoms with Crippen LogP contribution < -0.4 is 9.64 Å². The van der Waals surface area contributed by atoms with Crippen molar-refractivity contribution in [3.05, 3.63) is 89.0 Å². The minimum Gasteiger partial charge on any atom is -0.496 e. The minimum atomic E-state index is -3.66. The number of amides is 1. The number of methoxy groups -OCH3 is 1. The van der Waals surface area contributed by atoms with Gasteiger partial charge >= 0.3 is 0 Å². The molecule has 0 aliphatic carbocycles. The molecule has 2 aliphatic heterocycles. The number of carbonyl (C=O) groups is 1. The molecule has 218 valence electrons. The first-order valence-electron chi connectivity index (χ1n) is 14.3. The molecular weight excluding hydrogens is 536 g/mol. The van der Waals surface area contributed by atoms with Crippen molar-refractivity contribution in [3.63, 3.8) is 0 Å². The van der Waals surface area contributed by atoms with E-state index in [1.807, 2.05) is 42.2 Å². The van der Waals surface area contributed by atoms with Crippen LogP contribution >= 0.6 is 0 Å². The quantitative estimate of drug-likeness (QED) is 0.386. The van der Waals surface area contributed by atoms with Crippen LogP contribution in [0.3, 0.4) is 0 Å². The predicted octanol–water partition coefficient (Wildman–Crippen LogP) is 3.79. The van der Waals surface area contributed by atoms with Crippen LogP contribution in [0.4, 0.5) is 5.69 Å². The third-order valence-corrected chi connectivity index (χ3v) is 10.2. The molecule has 5 rings (SSSR count). The van der Waals surface area contributed by atoms with E-state index in [0.717, 1.165) is 49.5 Å². The molecule has 0 bridgehead atoms. The van der Waals surface area contributed by atoms with Crippen LogP contribution in [0.5, 0.6) is 5.75 Å². The van der Waals surface area contributed by atoms with Crippen molar-refractivity contribution >= 4 is 21.6 Å². The van der Waals surface area contributed by atoms with E-state index >= 15 is 0 Å². The Kier molecular flexibility index (Phi) is 8.97. The van der Waals surface area contributed by atoms with Gasteiger partial charge in [-0.2, -0.15) is 4.31 Å². The van der Waals surface area contributed by atoms with E-state index in [1.54, 1.807) is 31.4 Å². The first-order chi connectivity index (χ1) is 19.8. The first-order valence-corrected chi connectivity index (χ1v) is 15.8. The van der Waals surface area contributed by atoms with Crippen molar-refractivity contribution in [2.24, 2.45) is 0 Å². The Morgan fingerprint density at radius 2 is 1.59 bits per heavy atom. The van der Waals surface area contributed by atoms with Gasteiger partial charge < -0.3 is 19.4 Å². The molecule has 0 atom stereocenters. The summed E-state index contributed by atoms with van der Waals surface area (Å²) in [4.78, 5) is 20.4. The summed E-state index contributed by atoms with van der Waals surface area (Å²) < 4.78 is 33.8. The fraction of sp³-hybridized carbons (Fsp3) is 0.406. The van der Waals surface area contributed by atoms with Gasteiger partial charge in [0.15, 0.2) is 0 Å². The van der Waals surface area contributed by atoms with Gasteiger partial charge in [0.05, 0.1) is 18.4 Å². The maximum atomic E-state index is 13.4. The molecule has 2 aliphatic rings. The van der Waals surface area contributed by atoms with E-state index in [9.17, 15) is 13.2 Å². The zero-order valence-electron chi connectivity index (χ0n) is 24.3. The molecule has 1 saturated heterocycles. The number of piperazine rings is 1. The Balaban J connectivity index is 1.28. The van der Waals surface area contributed by atoms with E-state index in [4.69, 9.17) is 4.74 Å². The molecule has 41 heavy (non-hydrogen) atoms. The number of hydrogen-bond acceptors (Lipinski definition) is 6. The fourth-order valence-corrected chi connectivity index (χ4v) is 7.18. The topological polar surface area (TPSA) is 73.4 Å². The van der Waals surface area contributed by atoms with Gasteiger partial charge in [-0.3, -0.25) is 4.79 Å². The third kappa shape index (κ3) is 6.42. The second kappa shape index (κ2) is 12.6. The predicted molar refractivity (Wildman–Crippen MR) is 162 cm³/mol. The van der Waals surface area contributed by atoms with Crippen LogP contribution in [0, 0.1) is 0 Å². The molecular formula is C32H40N4O4S. The van der Waals surface area contributed by atoms with Crippen molar-refractivity contribution in [1.82, 2.24) is 14.1 Å². The molecule has 9 heteroatoms. The maximum Gasteiger partial charge on any atom is 0.243 e. The van der Waals surface area contributed by atoms with E-state index in [-0.39, 0.29) is 17.2 Å². The van der Waals surface area contributed by atoms with Crippen molar-refractivity contribution in [2.75, 3.05) is 58.3 Å². The molecule has 0 aromatic heterocycles. The van der Waals surface area contributed by atoms with Crippen molar-refractivity contribution in [1.29, 1.82) is 0 Å². The first kappa shape index (κ1) is 29.1. The summed E-state index contributed by atoms with van der Waals surface area (Å²) in [6.45, 7) is 7.64. The van der Waals surface area contributed by atoms with Crippen LogP contribution in [0.25, 0.3) is 0 Å². The maximum absolute atomic E-state index is 13.4. The highest BCUT2D eigenvalue weighted by Crippen LogP contribution is 2.36. The zero-order chi connectivity index (χ0) is 29.0. The number of ether oxygens (including phenoxy) is 1. The standard InChI is InChI=1S/C32H40N4O4S/c1-4-36(23-26-8-6-5-7-9-26)41(38,39)27-12-10-25(11-13-27)22-32(37)35-17-16-28-29(24-35)30(14-15-31(28)40-3)34-20-18-33(2)19-21-34/h5-15H,4,16-24H2,1-3H3. The largest absolute Gasteiger partial charge is 0.496 e. The van der Waals surface area contributed by atoms with Gasteiger partial charge in [-0.05, 0) is 48.9 Å².